The lowest BCUT2D eigenvalue weighted by Gasteiger charge is -2.31. The van der Waals surface area contributed by atoms with Gasteiger partial charge in [0.05, 0.1) is 38.2 Å². The molecule has 0 bridgehead atoms. The molecule has 3 aromatic rings. The monoisotopic (exact) mass is 645 g/mol. The van der Waals surface area contributed by atoms with E-state index in [1.54, 1.807) is 53.4 Å². The summed E-state index contributed by atoms with van der Waals surface area (Å²) >= 11 is 0. The lowest BCUT2D eigenvalue weighted by molar-refractivity contribution is -0.139. The van der Waals surface area contributed by atoms with Gasteiger partial charge < -0.3 is 36.2 Å². The van der Waals surface area contributed by atoms with Crippen LogP contribution in [0.15, 0.2) is 66.7 Å². The second-order valence-electron chi connectivity index (χ2n) is 11.4. The quantitative estimate of drug-likeness (QED) is 0.158. The van der Waals surface area contributed by atoms with Crippen LogP contribution in [0.3, 0.4) is 0 Å². The summed E-state index contributed by atoms with van der Waals surface area (Å²) in [7, 11) is 1.47. The Morgan fingerprint density at radius 1 is 0.872 bits per heavy atom. The predicted molar refractivity (Wildman–Crippen MR) is 176 cm³/mol. The number of aryl methyl sites for hydroxylation is 1. The number of amides is 4. The number of aliphatic carboxylic acids is 2. The smallest absolute Gasteiger partial charge is 0.323 e. The van der Waals surface area contributed by atoms with Crippen LogP contribution in [0.4, 0.5) is 21.9 Å². The van der Waals surface area contributed by atoms with Crippen molar-refractivity contribution in [3.05, 3.63) is 83.4 Å². The molecule has 1 aliphatic heterocycles. The topological polar surface area (TPSA) is 186 Å². The number of rotatable bonds is 13. The molecule has 0 radical (unpaired) electrons. The Hall–Kier alpha value is -5.43. The first-order chi connectivity index (χ1) is 22.5. The number of para-hydroxylation sites is 1. The van der Waals surface area contributed by atoms with E-state index in [4.69, 9.17) is 9.84 Å². The molecule has 1 heterocycles. The van der Waals surface area contributed by atoms with Crippen molar-refractivity contribution >= 4 is 46.8 Å². The Bertz CT molecular complexity index is 1600. The number of carbonyl (C=O) groups is 5. The number of methoxy groups -OCH3 is 1. The van der Waals surface area contributed by atoms with Gasteiger partial charge in [-0.1, -0.05) is 36.4 Å². The number of carbonyl (C=O) groups excluding carboxylic acids is 3. The van der Waals surface area contributed by atoms with E-state index in [1.807, 2.05) is 25.1 Å². The highest BCUT2D eigenvalue weighted by molar-refractivity contribution is 6.01. The maximum Gasteiger partial charge on any atom is 0.323 e. The van der Waals surface area contributed by atoms with Gasteiger partial charge in [-0.25, -0.2) is 4.79 Å². The van der Waals surface area contributed by atoms with E-state index in [-0.39, 0.29) is 37.1 Å². The van der Waals surface area contributed by atoms with Crippen molar-refractivity contribution in [1.82, 2.24) is 10.2 Å². The van der Waals surface area contributed by atoms with Crippen molar-refractivity contribution in [2.24, 2.45) is 5.92 Å². The Morgan fingerprint density at radius 3 is 2.19 bits per heavy atom. The first-order valence-corrected chi connectivity index (χ1v) is 15.2. The van der Waals surface area contributed by atoms with E-state index >= 15 is 0 Å². The number of nitrogens with zero attached hydrogens (tertiary/aromatic N) is 1. The van der Waals surface area contributed by atoms with E-state index in [0.717, 1.165) is 5.56 Å². The molecule has 0 aliphatic carbocycles. The highest BCUT2D eigenvalue weighted by Gasteiger charge is 2.28. The summed E-state index contributed by atoms with van der Waals surface area (Å²) in [6.07, 6.45) is 0.670. The predicted octanol–water partition coefficient (Wildman–Crippen LogP) is 4.26. The van der Waals surface area contributed by atoms with Gasteiger partial charge >= 0.3 is 18.0 Å². The lowest BCUT2D eigenvalue weighted by atomic mass is 9.94. The zero-order chi connectivity index (χ0) is 33.9. The van der Waals surface area contributed by atoms with Crippen molar-refractivity contribution < 1.29 is 38.9 Å². The minimum absolute atomic E-state index is 0.0246. The molecular weight excluding hydrogens is 606 g/mol. The number of hydrogen-bond acceptors (Lipinski definition) is 7. The van der Waals surface area contributed by atoms with Crippen molar-refractivity contribution in [3.8, 4) is 5.75 Å². The first kappa shape index (κ1) is 34.4. The normalized spacial score (nSPS) is 14.0. The largest absolute Gasteiger partial charge is 0.495 e. The fraction of sp³-hybridized carbons (Fsp3) is 0.324. The minimum Gasteiger partial charge on any atom is -0.495 e. The Labute approximate surface area is 272 Å². The summed E-state index contributed by atoms with van der Waals surface area (Å²) in [5, 5.41) is 29.7. The van der Waals surface area contributed by atoms with Gasteiger partial charge in [-0.15, -0.1) is 0 Å². The van der Waals surface area contributed by atoms with Gasteiger partial charge in [0.2, 0.25) is 11.8 Å². The van der Waals surface area contributed by atoms with Crippen LogP contribution in [0, 0.1) is 12.8 Å². The van der Waals surface area contributed by atoms with Gasteiger partial charge in [0, 0.05) is 17.3 Å². The summed E-state index contributed by atoms with van der Waals surface area (Å²) in [5.74, 6) is -2.52. The highest BCUT2D eigenvalue weighted by atomic mass is 16.5. The number of likely N-dealkylation sites (tertiary alicyclic amines) is 1. The van der Waals surface area contributed by atoms with Crippen LogP contribution >= 0.6 is 0 Å². The van der Waals surface area contributed by atoms with Crippen molar-refractivity contribution in [1.29, 1.82) is 0 Å². The van der Waals surface area contributed by atoms with Crippen LogP contribution in [-0.4, -0.2) is 71.6 Å². The molecule has 6 N–H and O–H groups in total. The highest BCUT2D eigenvalue weighted by Crippen LogP contribution is 2.27. The molecule has 4 rings (SSSR count). The molecule has 0 saturated carbocycles. The number of piperidine rings is 1. The molecule has 1 unspecified atom stereocenters. The molecule has 248 valence electrons. The molecule has 4 amide bonds. The van der Waals surface area contributed by atoms with Gasteiger partial charge in [0.1, 0.15) is 5.75 Å². The zero-order valence-electron chi connectivity index (χ0n) is 26.2. The second kappa shape index (κ2) is 16.2. The van der Waals surface area contributed by atoms with Crippen molar-refractivity contribution in [2.45, 2.75) is 38.6 Å². The summed E-state index contributed by atoms with van der Waals surface area (Å²) in [4.78, 5) is 62.6. The van der Waals surface area contributed by atoms with Crippen LogP contribution in [-0.2, 0) is 25.6 Å². The van der Waals surface area contributed by atoms with Crippen LogP contribution in [0.2, 0.25) is 0 Å². The number of benzene rings is 3. The Kier molecular flexibility index (Phi) is 11.9. The summed E-state index contributed by atoms with van der Waals surface area (Å²) in [6.45, 7) is 2.76. The van der Waals surface area contributed by atoms with E-state index < -0.39 is 24.0 Å². The average Bonchev–Trinajstić information content (AvgIpc) is 3.02. The fourth-order valence-corrected chi connectivity index (χ4v) is 5.39. The van der Waals surface area contributed by atoms with Crippen LogP contribution in [0.25, 0.3) is 0 Å². The molecule has 0 spiro atoms. The second-order valence-corrected chi connectivity index (χ2v) is 11.4. The fourth-order valence-electron chi connectivity index (χ4n) is 5.39. The number of nitrogens with one attached hydrogen (secondary N) is 4. The number of carboxylic acid groups (broad SMARTS) is 2. The summed E-state index contributed by atoms with van der Waals surface area (Å²) < 4.78 is 5.44. The molecule has 1 saturated heterocycles. The molecular formula is C34H39N5O8. The molecule has 3 aromatic carbocycles. The van der Waals surface area contributed by atoms with Crippen LogP contribution in [0.1, 0.15) is 42.0 Å². The molecule has 13 nitrogen and oxygen atoms in total. The van der Waals surface area contributed by atoms with Crippen molar-refractivity contribution in [2.75, 3.05) is 42.7 Å². The third-order valence-corrected chi connectivity index (χ3v) is 7.88. The number of hydrogen-bond donors (Lipinski definition) is 6. The molecule has 47 heavy (non-hydrogen) atoms. The van der Waals surface area contributed by atoms with Crippen molar-refractivity contribution in [3.63, 3.8) is 0 Å². The standard InChI is InChI=1S/C34H39N5O8/c1-21-5-3-4-6-26(21)37-34(46)38-27-12-7-22(17-29(27)47-2)18-30(40)35-25-10-8-23(9-11-25)28(19-31(41)42)36-33(45)24-13-15-39(16-14-24)20-32(43)44/h3-12,17,24,28H,13-16,18-20H2,1-2H3,(H,35,40)(H,36,45)(H,41,42)(H,43,44)(H2,37,38,46). The summed E-state index contributed by atoms with van der Waals surface area (Å²) in [5.41, 5.74) is 3.74. The van der Waals surface area contributed by atoms with E-state index in [1.165, 1.54) is 7.11 Å². The Balaban J connectivity index is 1.32. The zero-order valence-corrected chi connectivity index (χ0v) is 26.2. The molecule has 1 atom stereocenters. The van der Waals surface area contributed by atoms with E-state index in [2.05, 4.69) is 21.3 Å². The molecule has 0 aromatic heterocycles. The van der Waals surface area contributed by atoms with Gasteiger partial charge in [-0.05, 0) is 79.9 Å². The first-order valence-electron chi connectivity index (χ1n) is 15.2. The van der Waals surface area contributed by atoms with Gasteiger partial charge in [-0.2, -0.15) is 0 Å². The van der Waals surface area contributed by atoms with Crippen LogP contribution < -0.4 is 26.0 Å². The number of anilines is 3. The average molecular weight is 646 g/mol. The summed E-state index contributed by atoms with van der Waals surface area (Å²) in [6, 6.07) is 17.8. The SMILES string of the molecule is COc1cc(CC(=O)Nc2ccc(C(CC(=O)O)NC(=O)C3CCN(CC(=O)O)CC3)cc2)ccc1NC(=O)Nc1ccccc1C. The molecule has 1 aliphatic rings. The van der Waals surface area contributed by atoms with Gasteiger partial charge in [0.25, 0.3) is 0 Å². The Morgan fingerprint density at radius 2 is 1.55 bits per heavy atom. The number of carboxylic acids is 2. The maximum absolute atomic E-state index is 13.0. The lowest BCUT2D eigenvalue weighted by Crippen LogP contribution is -2.43. The minimum atomic E-state index is -1.08. The van der Waals surface area contributed by atoms with E-state index in [9.17, 15) is 29.1 Å². The number of urea groups is 1. The van der Waals surface area contributed by atoms with Crippen LogP contribution in [0.5, 0.6) is 5.75 Å². The molecule has 13 heteroatoms. The van der Waals surface area contributed by atoms with E-state index in [0.29, 0.717) is 59.9 Å². The maximum atomic E-state index is 13.0. The van der Waals surface area contributed by atoms with Gasteiger partial charge in [-0.3, -0.25) is 24.1 Å². The molecule has 1 fully saturated rings. The number of ether oxygens (including phenoxy) is 1. The third kappa shape index (κ3) is 10.3. The van der Waals surface area contributed by atoms with Gasteiger partial charge in [0.15, 0.2) is 0 Å². The third-order valence-electron chi connectivity index (χ3n) is 7.88.